The van der Waals surface area contributed by atoms with Crippen molar-refractivity contribution in [3.8, 4) is 11.4 Å². The van der Waals surface area contributed by atoms with E-state index in [2.05, 4.69) is 9.97 Å². The lowest BCUT2D eigenvalue weighted by Gasteiger charge is -1.91. The van der Waals surface area contributed by atoms with Crippen molar-refractivity contribution in [3.63, 3.8) is 0 Å². The monoisotopic (exact) mass is 212 g/mol. The Kier molecular flexibility index (Phi) is 1.86. The van der Waals surface area contributed by atoms with E-state index in [1.165, 1.54) is 6.20 Å². The number of para-hydroxylation sites is 1. The number of carbonyl (C=O) groups is 1. The van der Waals surface area contributed by atoms with Gasteiger partial charge < -0.3 is 9.40 Å². The molecular weight excluding hydrogens is 204 g/mol. The van der Waals surface area contributed by atoms with Crippen LogP contribution in [-0.4, -0.2) is 16.3 Å². The fraction of sp³-hybridized carbons (Fsp3) is 0. The van der Waals surface area contributed by atoms with Gasteiger partial charge in [0.05, 0.1) is 17.5 Å². The number of nitrogens with one attached hydrogen (secondary N) is 1. The van der Waals surface area contributed by atoms with Crippen LogP contribution in [-0.2, 0) is 0 Å². The van der Waals surface area contributed by atoms with Crippen LogP contribution >= 0.6 is 0 Å². The van der Waals surface area contributed by atoms with Crippen molar-refractivity contribution >= 4 is 17.3 Å². The molecule has 1 aromatic carbocycles. The maximum atomic E-state index is 10.6. The van der Waals surface area contributed by atoms with Crippen LogP contribution in [0.2, 0.25) is 0 Å². The number of H-pyrrole nitrogens is 1. The van der Waals surface area contributed by atoms with Gasteiger partial charge in [0, 0.05) is 5.39 Å². The topological polar surface area (TPSA) is 58.9 Å². The molecule has 0 aliphatic heterocycles. The highest BCUT2D eigenvalue weighted by Gasteiger charge is 2.10. The number of carbonyl (C=O) groups excluding carboxylic acids is 1. The molecule has 0 fully saturated rings. The minimum Gasteiger partial charge on any atom is -0.464 e. The molecule has 16 heavy (non-hydrogen) atoms. The van der Waals surface area contributed by atoms with Gasteiger partial charge in [0.25, 0.3) is 0 Å². The van der Waals surface area contributed by atoms with E-state index in [1.54, 1.807) is 6.26 Å². The van der Waals surface area contributed by atoms with E-state index >= 15 is 0 Å². The molecule has 78 valence electrons. The van der Waals surface area contributed by atoms with Gasteiger partial charge in [0.1, 0.15) is 17.7 Å². The Morgan fingerprint density at radius 3 is 3.00 bits per heavy atom. The number of aldehydes is 1. The molecule has 0 bridgehead atoms. The van der Waals surface area contributed by atoms with E-state index in [4.69, 9.17) is 4.42 Å². The molecule has 4 nitrogen and oxygen atoms in total. The van der Waals surface area contributed by atoms with E-state index in [0.29, 0.717) is 11.5 Å². The van der Waals surface area contributed by atoms with Crippen molar-refractivity contribution < 1.29 is 9.21 Å². The van der Waals surface area contributed by atoms with E-state index in [1.807, 2.05) is 24.3 Å². The average molecular weight is 212 g/mol. The molecule has 0 aliphatic rings. The molecular formula is C12H8N2O2. The molecule has 0 atom stereocenters. The summed E-state index contributed by atoms with van der Waals surface area (Å²) in [5.74, 6) is 0.645. The fourth-order valence-electron chi connectivity index (χ4n) is 1.69. The van der Waals surface area contributed by atoms with Crippen LogP contribution in [0.25, 0.3) is 22.4 Å². The Morgan fingerprint density at radius 1 is 1.31 bits per heavy atom. The minimum absolute atomic E-state index is 0.459. The van der Waals surface area contributed by atoms with Crippen LogP contribution in [0, 0.1) is 0 Å². The van der Waals surface area contributed by atoms with Gasteiger partial charge >= 0.3 is 0 Å². The lowest BCUT2D eigenvalue weighted by molar-refractivity contribution is 0.111. The minimum atomic E-state index is 0.459. The lowest BCUT2D eigenvalue weighted by Crippen LogP contribution is -1.80. The van der Waals surface area contributed by atoms with Gasteiger partial charge in [0.15, 0.2) is 6.29 Å². The van der Waals surface area contributed by atoms with E-state index in [0.717, 1.165) is 22.8 Å². The first-order valence-electron chi connectivity index (χ1n) is 4.85. The molecule has 0 aliphatic carbocycles. The van der Waals surface area contributed by atoms with Crippen molar-refractivity contribution in [2.45, 2.75) is 0 Å². The summed E-state index contributed by atoms with van der Waals surface area (Å²) in [5.41, 5.74) is 2.13. The first kappa shape index (κ1) is 8.91. The Morgan fingerprint density at radius 2 is 2.19 bits per heavy atom. The van der Waals surface area contributed by atoms with Crippen molar-refractivity contribution in [1.82, 2.24) is 9.97 Å². The standard InChI is InChI=1S/C12H8N2O2/c15-6-8-5-13-12(14-8)10-7-16-11-4-2-1-3-9(10)11/h1-7H,(H,13,14). The number of fused-ring (bicyclic) bond motifs is 1. The lowest BCUT2D eigenvalue weighted by atomic mass is 10.2. The third-order valence-corrected chi connectivity index (χ3v) is 2.46. The second-order valence-corrected chi connectivity index (χ2v) is 3.45. The van der Waals surface area contributed by atoms with Gasteiger partial charge in [0.2, 0.25) is 0 Å². The van der Waals surface area contributed by atoms with Gasteiger partial charge in [-0.1, -0.05) is 18.2 Å². The van der Waals surface area contributed by atoms with Crippen LogP contribution in [0.5, 0.6) is 0 Å². The molecule has 0 saturated carbocycles. The second kappa shape index (κ2) is 3.34. The Labute approximate surface area is 90.9 Å². The zero-order valence-electron chi connectivity index (χ0n) is 8.31. The number of rotatable bonds is 2. The summed E-state index contributed by atoms with van der Waals surface area (Å²) >= 11 is 0. The number of benzene rings is 1. The summed E-state index contributed by atoms with van der Waals surface area (Å²) in [6.07, 6.45) is 3.88. The zero-order valence-corrected chi connectivity index (χ0v) is 8.31. The van der Waals surface area contributed by atoms with Crippen LogP contribution in [0.4, 0.5) is 0 Å². The summed E-state index contributed by atoms with van der Waals surface area (Å²) < 4.78 is 5.40. The zero-order chi connectivity index (χ0) is 11.0. The van der Waals surface area contributed by atoms with Gasteiger partial charge in [-0.2, -0.15) is 0 Å². The summed E-state index contributed by atoms with van der Waals surface area (Å²) in [6.45, 7) is 0. The van der Waals surface area contributed by atoms with Crippen molar-refractivity contribution in [2.75, 3.05) is 0 Å². The smallest absolute Gasteiger partial charge is 0.167 e. The van der Waals surface area contributed by atoms with Crippen LogP contribution in [0.1, 0.15) is 10.5 Å². The Balaban J connectivity index is 2.21. The average Bonchev–Trinajstić information content (AvgIpc) is 2.94. The summed E-state index contributed by atoms with van der Waals surface area (Å²) in [4.78, 5) is 17.6. The predicted octanol–water partition coefficient (Wildman–Crippen LogP) is 2.64. The van der Waals surface area contributed by atoms with E-state index in [9.17, 15) is 4.79 Å². The molecule has 1 N–H and O–H groups in total. The highest BCUT2D eigenvalue weighted by atomic mass is 16.3. The molecule has 2 aromatic heterocycles. The second-order valence-electron chi connectivity index (χ2n) is 3.45. The van der Waals surface area contributed by atoms with Gasteiger partial charge in [-0.3, -0.25) is 4.79 Å². The molecule has 0 radical (unpaired) electrons. The van der Waals surface area contributed by atoms with Crippen LogP contribution in [0.15, 0.2) is 41.1 Å². The Bertz CT molecular complexity index is 652. The Hall–Kier alpha value is -2.36. The van der Waals surface area contributed by atoms with Gasteiger partial charge in [-0.15, -0.1) is 0 Å². The number of aromatic nitrogens is 2. The molecule has 0 unspecified atom stereocenters. The normalized spacial score (nSPS) is 10.8. The number of hydrogen-bond acceptors (Lipinski definition) is 3. The van der Waals surface area contributed by atoms with Crippen LogP contribution in [0.3, 0.4) is 0 Å². The molecule has 3 aromatic rings. The predicted molar refractivity (Wildman–Crippen MR) is 59.2 cm³/mol. The van der Waals surface area contributed by atoms with Gasteiger partial charge in [-0.25, -0.2) is 4.98 Å². The van der Waals surface area contributed by atoms with E-state index < -0.39 is 0 Å². The molecule has 3 rings (SSSR count). The third-order valence-electron chi connectivity index (χ3n) is 2.46. The number of furan rings is 1. The highest BCUT2D eigenvalue weighted by Crippen LogP contribution is 2.28. The van der Waals surface area contributed by atoms with Crippen LogP contribution < -0.4 is 0 Å². The fourth-order valence-corrected chi connectivity index (χ4v) is 1.69. The largest absolute Gasteiger partial charge is 0.464 e. The number of aromatic amines is 1. The summed E-state index contributed by atoms with van der Waals surface area (Å²) in [7, 11) is 0. The summed E-state index contributed by atoms with van der Waals surface area (Å²) in [5, 5.41) is 0.981. The maximum absolute atomic E-state index is 10.6. The molecule has 0 spiro atoms. The third kappa shape index (κ3) is 1.24. The first-order valence-corrected chi connectivity index (χ1v) is 4.85. The van der Waals surface area contributed by atoms with Gasteiger partial charge in [-0.05, 0) is 6.07 Å². The van der Waals surface area contributed by atoms with E-state index in [-0.39, 0.29) is 0 Å². The molecule has 0 amide bonds. The maximum Gasteiger partial charge on any atom is 0.167 e. The molecule has 0 saturated heterocycles. The SMILES string of the molecule is O=Cc1cnc(-c2coc3ccccc23)[nH]1. The number of imidazole rings is 1. The molecule has 4 heteroatoms. The molecule has 2 heterocycles. The number of nitrogens with zero attached hydrogens (tertiary/aromatic N) is 1. The summed E-state index contributed by atoms with van der Waals surface area (Å²) in [6, 6.07) is 7.69. The highest BCUT2D eigenvalue weighted by molar-refractivity contribution is 5.92. The van der Waals surface area contributed by atoms with Crippen molar-refractivity contribution in [3.05, 3.63) is 42.4 Å². The quantitative estimate of drug-likeness (QED) is 0.664. The van der Waals surface area contributed by atoms with Crippen molar-refractivity contribution in [2.24, 2.45) is 0 Å². The first-order chi connectivity index (χ1) is 7.88. The number of hydrogen-bond donors (Lipinski definition) is 1. The van der Waals surface area contributed by atoms with Crippen molar-refractivity contribution in [1.29, 1.82) is 0 Å².